The van der Waals surface area contributed by atoms with Gasteiger partial charge in [0, 0.05) is 12.8 Å². The second kappa shape index (κ2) is 70.0. The number of esters is 1. The largest absolute Gasteiger partial charge is 0.472 e. The Labute approximate surface area is 568 Å². The number of nitrogens with zero attached hydrogens (tertiary/aromatic N) is 1. The number of phosphoric acid groups is 1. The van der Waals surface area contributed by atoms with Crippen LogP contribution in [-0.2, 0) is 27.9 Å². The van der Waals surface area contributed by atoms with Gasteiger partial charge >= 0.3 is 13.8 Å². The van der Waals surface area contributed by atoms with Crippen molar-refractivity contribution in [3.63, 3.8) is 0 Å². The van der Waals surface area contributed by atoms with Crippen LogP contribution >= 0.6 is 7.82 Å². The lowest BCUT2D eigenvalue weighted by molar-refractivity contribution is -0.870. The minimum atomic E-state index is -4.47. The number of amides is 1. The summed E-state index contributed by atoms with van der Waals surface area (Å²) in [6, 6.07) is -0.864. The van der Waals surface area contributed by atoms with E-state index in [9.17, 15) is 19.0 Å². The Kier molecular flexibility index (Phi) is 67.0. The summed E-state index contributed by atoms with van der Waals surface area (Å²) < 4.78 is 30.9. The van der Waals surface area contributed by atoms with Crippen LogP contribution in [0.2, 0.25) is 0 Å². The topological polar surface area (TPSA) is 111 Å². The number of likely N-dealkylation sites (N-methyl/N-ethyl adjacent to an activating group) is 1. The summed E-state index contributed by atoms with van der Waals surface area (Å²) in [7, 11) is 1.48. The second-order valence-electron chi connectivity index (χ2n) is 26.4. The lowest BCUT2D eigenvalue weighted by Gasteiger charge is -2.27. The van der Waals surface area contributed by atoms with E-state index < -0.39 is 20.0 Å². The summed E-state index contributed by atoms with van der Waals surface area (Å²) in [5.74, 6) is -0.519. The number of unbranched alkanes of at least 4 members (excludes halogenated alkanes) is 32. The lowest BCUT2D eigenvalue weighted by atomic mass is 10.0. The first-order valence-corrected chi connectivity index (χ1v) is 39.5. The number of ether oxygens (including phenoxy) is 1. The molecule has 0 aromatic heterocycles. The van der Waals surface area contributed by atoms with Crippen molar-refractivity contribution in [2.45, 2.75) is 335 Å². The van der Waals surface area contributed by atoms with Gasteiger partial charge in [-0.15, -0.1) is 0 Å². The molecule has 3 atom stereocenters. The maximum absolute atomic E-state index is 13.7. The number of allylic oxidation sites excluding steroid dienone is 21. The molecule has 0 radical (unpaired) electrons. The van der Waals surface area contributed by atoms with Crippen molar-refractivity contribution in [3.05, 3.63) is 134 Å². The SMILES string of the molecule is CC/C=C\C/C=C\C/C=C\C/C=C\C/C=C\C/C=C\CCCCCCCCCCC(=O)OC(/C=C/CCCCCCCCCCCC)C(COP(=O)(O)OCC[N+](C)(C)C)NC(=O)CCCCCCCCCCCCC/C=C\C/C=C\C/C=C\C/C=C\CCCCC. The molecule has 0 aliphatic carbocycles. The number of carbonyl (C=O) groups excluding carboxylic acids is 2. The van der Waals surface area contributed by atoms with E-state index in [4.69, 9.17) is 13.8 Å². The van der Waals surface area contributed by atoms with Gasteiger partial charge in [-0.25, -0.2) is 4.57 Å². The van der Waals surface area contributed by atoms with Gasteiger partial charge in [0.25, 0.3) is 0 Å². The first-order valence-electron chi connectivity index (χ1n) is 38.0. The Morgan fingerprint density at radius 3 is 1.07 bits per heavy atom. The molecule has 0 aromatic carbocycles. The highest BCUT2D eigenvalue weighted by molar-refractivity contribution is 7.47. The zero-order chi connectivity index (χ0) is 67.0. The predicted molar refractivity (Wildman–Crippen MR) is 401 cm³/mol. The van der Waals surface area contributed by atoms with Crippen molar-refractivity contribution in [1.29, 1.82) is 0 Å². The Balaban J connectivity index is 5.03. The number of carbonyl (C=O) groups is 2. The van der Waals surface area contributed by atoms with Crippen molar-refractivity contribution in [2.75, 3.05) is 40.9 Å². The average Bonchev–Trinajstić information content (AvgIpc) is 3.72. The Morgan fingerprint density at radius 2 is 0.696 bits per heavy atom. The van der Waals surface area contributed by atoms with Gasteiger partial charge in [-0.3, -0.25) is 18.6 Å². The third-order valence-corrected chi connectivity index (χ3v) is 17.3. The van der Waals surface area contributed by atoms with Crippen LogP contribution in [0.15, 0.2) is 134 Å². The van der Waals surface area contributed by atoms with Crippen LogP contribution in [0.3, 0.4) is 0 Å². The van der Waals surface area contributed by atoms with Gasteiger partial charge in [-0.1, -0.05) is 315 Å². The van der Waals surface area contributed by atoms with Gasteiger partial charge in [-0.2, -0.15) is 0 Å². The van der Waals surface area contributed by atoms with Gasteiger partial charge in [0.2, 0.25) is 5.91 Å². The molecule has 0 aliphatic heterocycles. The summed E-state index contributed by atoms with van der Waals surface area (Å²) >= 11 is 0. The van der Waals surface area contributed by atoms with E-state index in [1.54, 1.807) is 0 Å². The monoisotopic (exact) mass is 1300 g/mol. The summed E-state index contributed by atoms with van der Waals surface area (Å²) in [6.45, 7) is 6.88. The van der Waals surface area contributed by atoms with Gasteiger partial charge < -0.3 is 19.4 Å². The molecule has 0 rings (SSSR count). The molecule has 0 heterocycles. The summed E-state index contributed by atoms with van der Waals surface area (Å²) in [5.41, 5.74) is 0. The van der Waals surface area contributed by atoms with Gasteiger partial charge in [0.1, 0.15) is 19.3 Å². The van der Waals surface area contributed by atoms with Gasteiger partial charge in [-0.05, 0) is 128 Å². The van der Waals surface area contributed by atoms with Crippen LogP contribution in [0, 0.1) is 0 Å². The van der Waals surface area contributed by atoms with E-state index in [1.807, 2.05) is 33.3 Å². The van der Waals surface area contributed by atoms with E-state index >= 15 is 0 Å². The van der Waals surface area contributed by atoms with Crippen LogP contribution in [0.4, 0.5) is 0 Å². The first kappa shape index (κ1) is 88.2. The molecular formula is C82H144N2O7P+. The Bertz CT molecular complexity index is 2040. The summed E-state index contributed by atoms with van der Waals surface area (Å²) in [4.78, 5) is 38.0. The third kappa shape index (κ3) is 70.5. The van der Waals surface area contributed by atoms with Crippen molar-refractivity contribution < 1.29 is 37.3 Å². The zero-order valence-corrected chi connectivity index (χ0v) is 61.4. The molecule has 0 fully saturated rings. The molecule has 10 heteroatoms. The molecule has 0 aliphatic rings. The molecule has 0 spiro atoms. The van der Waals surface area contributed by atoms with Crippen LogP contribution in [0.5, 0.6) is 0 Å². The van der Waals surface area contributed by atoms with E-state index in [0.29, 0.717) is 17.4 Å². The number of hydrogen-bond donors (Lipinski definition) is 2. The number of phosphoric ester groups is 1. The van der Waals surface area contributed by atoms with Gasteiger partial charge in [0.15, 0.2) is 0 Å². The standard InChI is InChI=1S/C82H143N2O7P/c1-7-10-13-16-19-22-25-28-30-32-34-36-38-40-42-44-46-48-50-52-54-56-59-62-65-68-71-74-81(85)83-79(78-90-92(87,88)89-77-76-84(4,5)6)80(73-70-67-64-61-58-27-24-21-18-15-12-9-3)91-82(86)75-72-69-66-63-60-57-55-53-51-49-47-45-43-41-39-37-35-33-31-29-26-23-20-17-14-11-8-2/h11,14,19-20,22-23,28-31,34-37,40-43,47,49,70,73,79-80H,7-10,12-13,15-18,21,24-27,32-33,38-39,44-46,48,50-69,71-72,74-78H2,1-6H3,(H-,83,85,87,88)/p+1/b14-11-,22-19-,23-20-,30-28-,31-29-,36-34-,37-35-,42-40-,43-41-,49-47-,73-70+. The van der Waals surface area contributed by atoms with E-state index in [2.05, 4.69) is 148 Å². The smallest absolute Gasteiger partial charge is 0.456 e. The molecule has 1 amide bonds. The number of rotatable bonds is 68. The molecule has 0 saturated heterocycles. The van der Waals surface area contributed by atoms with Gasteiger partial charge in [0.05, 0.1) is 33.8 Å². The molecule has 92 heavy (non-hydrogen) atoms. The fourth-order valence-electron chi connectivity index (χ4n) is 10.5. The summed E-state index contributed by atoms with van der Waals surface area (Å²) in [6.07, 6.45) is 100. The molecule has 9 nitrogen and oxygen atoms in total. The number of quaternary nitrogens is 1. The Hall–Kier alpha value is -3.85. The quantitative estimate of drug-likeness (QED) is 0.0205. The molecular weight excluding hydrogens is 1160 g/mol. The fourth-order valence-corrected chi connectivity index (χ4v) is 11.3. The minimum Gasteiger partial charge on any atom is -0.456 e. The maximum atomic E-state index is 13.7. The molecule has 3 unspecified atom stereocenters. The molecule has 2 N–H and O–H groups in total. The minimum absolute atomic E-state index is 0.0321. The van der Waals surface area contributed by atoms with E-state index in [-0.39, 0.29) is 31.5 Å². The lowest BCUT2D eigenvalue weighted by Crippen LogP contribution is -2.47. The molecule has 528 valence electrons. The van der Waals surface area contributed by atoms with E-state index in [0.717, 1.165) is 135 Å². The summed E-state index contributed by atoms with van der Waals surface area (Å²) in [5, 5.41) is 3.07. The predicted octanol–water partition coefficient (Wildman–Crippen LogP) is 24.7. The highest BCUT2D eigenvalue weighted by Gasteiger charge is 2.30. The average molecular weight is 1300 g/mol. The first-order chi connectivity index (χ1) is 44.9. The van der Waals surface area contributed by atoms with Crippen LogP contribution < -0.4 is 5.32 Å². The van der Waals surface area contributed by atoms with Crippen LogP contribution in [-0.4, -0.2) is 74.3 Å². The normalized spacial score (nSPS) is 14.2. The van der Waals surface area contributed by atoms with E-state index in [1.165, 1.54) is 154 Å². The van der Waals surface area contributed by atoms with Crippen molar-refractivity contribution in [2.24, 2.45) is 0 Å². The number of hydrogen-bond acceptors (Lipinski definition) is 6. The molecule has 0 saturated carbocycles. The van der Waals surface area contributed by atoms with Crippen LogP contribution in [0.25, 0.3) is 0 Å². The van der Waals surface area contributed by atoms with Crippen LogP contribution in [0.1, 0.15) is 323 Å². The molecule has 0 aromatic rings. The second-order valence-corrected chi connectivity index (χ2v) is 27.9. The fraction of sp³-hybridized carbons (Fsp3) is 0.707. The highest BCUT2D eigenvalue weighted by atomic mass is 31.2. The third-order valence-electron chi connectivity index (χ3n) is 16.3. The Morgan fingerprint density at radius 1 is 0.391 bits per heavy atom. The zero-order valence-electron chi connectivity index (χ0n) is 60.5. The maximum Gasteiger partial charge on any atom is 0.472 e. The van der Waals surface area contributed by atoms with Crippen molar-refractivity contribution >= 4 is 19.7 Å². The highest BCUT2D eigenvalue weighted by Crippen LogP contribution is 2.43. The van der Waals surface area contributed by atoms with Crippen molar-refractivity contribution in [3.8, 4) is 0 Å². The number of nitrogens with one attached hydrogen (secondary N) is 1. The van der Waals surface area contributed by atoms with Crippen molar-refractivity contribution in [1.82, 2.24) is 5.32 Å². The molecule has 0 bridgehead atoms.